The molecule has 84 valence electrons. The molecule has 0 saturated carbocycles. The Balaban J connectivity index is 0.000000165. The average molecular weight is 243 g/mol. The summed E-state index contributed by atoms with van der Waals surface area (Å²) in [6, 6.07) is 7.31. The van der Waals surface area contributed by atoms with E-state index in [1.165, 1.54) is 18.3 Å². The molecule has 0 radical (unpaired) electrons. The molecule has 2 N–H and O–H groups in total. The van der Waals surface area contributed by atoms with Gasteiger partial charge in [-0.1, -0.05) is 17.7 Å². The van der Waals surface area contributed by atoms with E-state index in [1.807, 2.05) is 0 Å². The zero-order valence-corrected chi connectivity index (χ0v) is 8.76. The van der Waals surface area contributed by atoms with Gasteiger partial charge in [0.1, 0.15) is 5.15 Å². The van der Waals surface area contributed by atoms with Gasteiger partial charge >= 0.3 is 0 Å². The minimum absolute atomic E-state index is 0.0718. The molecule has 2 aromatic heterocycles. The SMILES string of the molecule is Oc1ccccn1.Oc1nc(Cl)ccc1F. The van der Waals surface area contributed by atoms with E-state index in [9.17, 15) is 4.39 Å². The number of hydrogen-bond acceptors (Lipinski definition) is 4. The van der Waals surface area contributed by atoms with E-state index < -0.39 is 11.7 Å². The Bertz CT molecular complexity index is 454. The number of nitrogens with zero attached hydrogens (tertiary/aromatic N) is 2. The molecule has 0 aromatic carbocycles. The van der Waals surface area contributed by atoms with E-state index in [-0.39, 0.29) is 11.0 Å². The Morgan fingerprint density at radius 3 is 2.25 bits per heavy atom. The van der Waals surface area contributed by atoms with Crippen molar-refractivity contribution in [2.75, 3.05) is 0 Å². The first-order valence-corrected chi connectivity index (χ1v) is 4.58. The van der Waals surface area contributed by atoms with Crippen molar-refractivity contribution in [1.29, 1.82) is 0 Å². The lowest BCUT2D eigenvalue weighted by Crippen LogP contribution is -1.79. The lowest BCUT2D eigenvalue weighted by atomic mass is 10.5. The van der Waals surface area contributed by atoms with Crippen LogP contribution in [0.5, 0.6) is 11.8 Å². The van der Waals surface area contributed by atoms with Crippen molar-refractivity contribution in [2.45, 2.75) is 0 Å². The maximum atomic E-state index is 12.1. The molecule has 0 aliphatic rings. The van der Waals surface area contributed by atoms with Crippen molar-refractivity contribution in [3.63, 3.8) is 0 Å². The summed E-state index contributed by atoms with van der Waals surface area (Å²) in [5, 5.41) is 17.1. The number of aromatic nitrogens is 2. The van der Waals surface area contributed by atoms with Gasteiger partial charge in [0, 0.05) is 12.3 Å². The molecule has 0 aliphatic heterocycles. The molecule has 0 fully saturated rings. The minimum Gasteiger partial charge on any atom is -0.493 e. The van der Waals surface area contributed by atoms with Crippen molar-refractivity contribution in [2.24, 2.45) is 0 Å². The molecule has 0 spiro atoms. The fourth-order valence-corrected chi connectivity index (χ4v) is 0.905. The van der Waals surface area contributed by atoms with Gasteiger partial charge in [-0.15, -0.1) is 0 Å². The van der Waals surface area contributed by atoms with Gasteiger partial charge in [0.25, 0.3) is 0 Å². The molecule has 2 heterocycles. The monoisotopic (exact) mass is 242 g/mol. The zero-order valence-electron chi connectivity index (χ0n) is 8.01. The molecule has 0 amide bonds. The molecule has 4 nitrogen and oxygen atoms in total. The number of aromatic hydroxyl groups is 2. The molecular formula is C10H8ClFN2O2. The largest absolute Gasteiger partial charge is 0.493 e. The van der Waals surface area contributed by atoms with Gasteiger partial charge in [0.05, 0.1) is 0 Å². The van der Waals surface area contributed by atoms with Gasteiger partial charge in [0.2, 0.25) is 11.8 Å². The number of rotatable bonds is 0. The maximum absolute atomic E-state index is 12.1. The Morgan fingerprint density at radius 2 is 1.88 bits per heavy atom. The minimum atomic E-state index is -0.764. The first-order valence-electron chi connectivity index (χ1n) is 4.20. The molecule has 2 rings (SSSR count). The lowest BCUT2D eigenvalue weighted by molar-refractivity contribution is 0.411. The highest BCUT2D eigenvalue weighted by molar-refractivity contribution is 6.29. The van der Waals surface area contributed by atoms with Crippen LogP contribution in [0.2, 0.25) is 5.15 Å². The van der Waals surface area contributed by atoms with Crippen LogP contribution >= 0.6 is 11.6 Å². The van der Waals surface area contributed by atoms with Crippen LogP contribution < -0.4 is 0 Å². The van der Waals surface area contributed by atoms with E-state index in [2.05, 4.69) is 9.97 Å². The van der Waals surface area contributed by atoms with Crippen molar-refractivity contribution in [3.8, 4) is 11.8 Å². The van der Waals surface area contributed by atoms with Crippen LogP contribution in [0, 0.1) is 5.82 Å². The van der Waals surface area contributed by atoms with Crippen LogP contribution in [0.1, 0.15) is 0 Å². The third-order valence-corrected chi connectivity index (χ3v) is 1.65. The summed E-state index contributed by atoms with van der Waals surface area (Å²) in [6.45, 7) is 0. The van der Waals surface area contributed by atoms with Crippen LogP contribution in [0.15, 0.2) is 36.5 Å². The van der Waals surface area contributed by atoms with Gasteiger partial charge in [-0.05, 0) is 18.2 Å². The van der Waals surface area contributed by atoms with Crippen LogP contribution in [-0.2, 0) is 0 Å². The topological polar surface area (TPSA) is 66.2 Å². The molecule has 0 unspecified atom stereocenters. The van der Waals surface area contributed by atoms with Gasteiger partial charge in [-0.25, -0.2) is 9.37 Å². The van der Waals surface area contributed by atoms with Crippen molar-refractivity contribution >= 4 is 11.6 Å². The summed E-state index contributed by atoms with van der Waals surface area (Å²) < 4.78 is 12.1. The number of hydrogen-bond donors (Lipinski definition) is 2. The Morgan fingerprint density at radius 1 is 1.12 bits per heavy atom. The van der Waals surface area contributed by atoms with Gasteiger partial charge in [-0.2, -0.15) is 4.98 Å². The first kappa shape index (κ1) is 12.2. The van der Waals surface area contributed by atoms with Crippen molar-refractivity contribution in [3.05, 3.63) is 47.5 Å². The summed E-state index contributed by atoms with van der Waals surface area (Å²) in [5.41, 5.74) is 0. The first-order chi connectivity index (χ1) is 7.59. The van der Waals surface area contributed by atoms with Crippen LogP contribution in [0.4, 0.5) is 4.39 Å². The third kappa shape index (κ3) is 4.10. The van der Waals surface area contributed by atoms with E-state index in [4.69, 9.17) is 21.8 Å². The second-order valence-electron chi connectivity index (χ2n) is 2.63. The van der Waals surface area contributed by atoms with Gasteiger partial charge < -0.3 is 10.2 Å². The summed E-state index contributed by atoms with van der Waals surface area (Å²) in [7, 11) is 0. The Hall–Kier alpha value is -1.88. The smallest absolute Gasteiger partial charge is 0.249 e. The van der Waals surface area contributed by atoms with Crippen molar-refractivity contribution < 1.29 is 14.6 Å². The highest BCUT2D eigenvalue weighted by Gasteiger charge is 1.99. The summed E-state index contributed by atoms with van der Waals surface area (Å²) in [5.74, 6) is -1.36. The highest BCUT2D eigenvalue weighted by atomic mass is 35.5. The predicted molar refractivity (Wildman–Crippen MR) is 56.8 cm³/mol. The molecule has 0 saturated heterocycles. The summed E-state index contributed by atoms with van der Waals surface area (Å²) in [6.07, 6.45) is 1.54. The van der Waals surface area contributed by atoms with Crippen LogP contribution in [0.3, 0.4) is 0 Å². The molecular weight excluding hydrogens is 235 g/mol. The summed E-state index contributed by atoms with van der Waals surface area (Å²) in [4.78, 5) is 6.75. The van der Waals surface area contributed by atoms with Crippen molar-refractivity contribution in [1.82, 2.24) is 9.97 Å². The second kappa shape index (κ2) is 5.87. The van der Waals surface area contributed by atoms with Gasteiger partial charge in [0.15, 0.2) is 5.82 Å². The summed E-state index contributed by atoms with van der Waals surface area (Å²) >= 11 is 5.28. The quantitative estimate of drug-likeness (QED) is 0.696. The number of pyridine rings is 2. The molecule has 0 bridgehead atoms. The fraction of sp³-hybridized carbons (Fsp3) is 0. The van der Waals surface area contributed by atoms with E-state index in [1.54, 1.807) is 12.1 Å². The highest BCUT2D eigenvalue weighted by Crippen LogP contribution is 2.14. The molecule has 6 heteroatoms. The molecule has 0 aliphatic carbocycles. The van der Waals surface area contributed by atoms with Crippen LogP contribution in [-0.4, -0.2) is 20.2 Å². The third-order valence-electron chi connectivity index (χ3n) is 1.44. The van der Waals surface area contributed by atoms with Gasteiger partial charge in [-0.3, -0.25) is 0 Å². The second-order valence-corrected chi connectivity index (χ2v) is 3.01. The predicted octanol–water partition coefficient (Wildman–Crippen LogP) is 2.37. The van der Waals surface area contributed by atoms with E-state index in [0.29, 0.717) is 0 Å². The Labute approximate surface area is 96.0 Å². The van der Waals surface area contributed by atoms with Crippen LogP contribution in [0.25, 0.3) is 0 Å². The Kier molecular flexibility index (Phi) is 4.47. The fourth-order valence-electron chi connectivity index (χ4n) is 0.762. The van der Waals surface area contributed by atoms with E-state index >= 15 is 0 Å². The zero-order chi connectivity index (χ0) is 12.0. The molecule has 2 aromatic rings. The standard InChI is InChI=1S/C5H3ClFNO.C5H5NO/c6-4-2-1-3(7)5(9)8-4;7-5-3-1-2-4-6-5/h1-2H,(H,8,9);1-4H,(H,6,7). The number of halogens is 2. The normalized spacial score (nSPS) is 9.12. The average Bonchev–Trinajstić information content (AvgIpc) is 2.26. The maximum Gasteiger partial charge on any atom is 0.249 e. The molecule has 0 atom stereocenters. The molecule has 16 heavy (non-hydrogen) atoms. The lowest BCUT2D eigenvalue weighted by Gasteiger charge is -1.91. The van der Waals surface area contributed by atoms with E-state index in [0.717, 1.165) is 6.07 Å².